The highest BCUT2D eigenvalue weighted by atomic mass is 32.2. The number of ether oxygens (including phenoxy) is 1. The van der Waals surface area contributed by atoms with Gasteiger partial charge in [-0.3, -0.25) is 19.0 Å². The predicted molar refractivity (Wildman–Crippen MR) is 176 cm³/mol. The summed E-state index contributed by atoms with van der Waals surface area (Å²) >= 11 is 0. The Morgan fingerprint density at radius 3 is 1.55 bits per heavy atom. The number of hydrogen-bond donors (Lipinski definition) is 3. The average molecular weight is 691 g/mol. The topological polar surface area (TPSA) is 208 Å². The van der Waals surface area contributed by atoms with E-state index in [1.165, 1.54) is 19.6 Å². The molecule has 14 nitrogen and oxygen atoms in total. The molecule has 0 saturated heterocycles. The van der Waals surface area contributed by atoms with Gasteiger partial charge in [-0.2, -0.15) is 0 Å². The third-order valence-corrected chi connectivity index (χ3v) is 7.56. The second-order valence-electron chi connectivity index (χ2n) is 10.5. The Morgan fingerprint density at radius 2 is 1.15 bits per heavy atom. The number of unbranched alkanes of at least 4 members (excludes halogenated alkanes) is 2. The number of hydrogen-bond acceptors (Lipinski definition) is 11. The molecule has 16 heteroatoms. The fraction of sp³-hybridized carbons (Fsp3) is 0.355. The minimum atomic E-state index is -3.39. The van der Waals surface area contributed by atoms with Crippen molar-refractivity contribution >= 4 is 43.4 Å². The van der Waals surface area contributed by atoms with Crippen LogP contribution in [-0.2, 0) is 47.2 Å². The van der Waals surface area contributed by atoms with Crippen LogP contribution < -0.4 is 9.44 Å². The number of esters is 1. The van der Waals surface area contributed by atoms with Gasteiger partial charge in [-0.1, -0.05) is 36.4 Å². The SMILES string of the molecule is COC(=O)CCCCc1nc(-c2ccccc2NS(C)(=O)=O)co1.CS(=O)(=O)Nc1ccccc1-c1coc(CCCCC(=O)O)n1. The number of carboxylic acid groups (broad SMARTS) is 1. The quantitative estimate of drug-likeness (QED) is 0.104. The van der Waals surface area contributed by atoms with E-state index in [0.29, 0.717) is 84.2 Å². The van der Waals surface area contributed by atoms with Gasteiger partial charge in [-0.05, 0) is 37.8 Å². The molecule has 0 unspecified atom stereocenters. The average Bonchev–Trinajstić information content (AvgIpc) is 3.67. The summed E-state index contributed by atoms with van der Waals surface area (Å²) < 4.78 is 66.0. The minimum absolute atomic E-state index is 0.120. The van der Waals surface area contributed by atoms with Crippen molar-refractivity contribution in [3.8, 4) is 22.5 Å². The molecule has 47 heavy (non-hydrogen) atoms. The van der Waals surface area contributed by atoms with Crippen molar-refractivity contribution in [3.05, 3.63) is 72.8 Å². The van der Waals surface area contributed by atoms with Crippen LogP contribution in [-0.4, -0.2) is 63.5 Å². The molecule has 0 atom stereocenters. The van der Waals surface area contributed by atoms with Crippen molar-refractivity contribution in [1.29, 1.82) is 0 Å². The van der Waals surface area contributed by atoms with Gasteiger partial charge in [0.25, 0.3) is 0 Å². The van der Waals surface area contributed by atoms with E-state index >= 15 is 0 Å². The Labute approximate surface area is 273 Å². The molecule has 3 N–H and O–H groups in total. The highest BCUT2D eigenvalue weighted by Crippen LogP contribution is 2.29. The first-order valence-corrected chi connectivity index (χ1v) is 18.3. The van der Waals surface area contributed by atoms with Crippen LogP contribution in [0.3, 0.4) is 0 Å². The van der Waals surface area contributed by atoms with Gasteiger partial charge < -0.3 is 18.7 Å². The molecule has 254 valence electrons. The summed E-state index contributed by atoms with van der Waals surface area (Å²) in [4.78, 5) is 30.2. The molecule has 0 amide bonds. The molecule has 4 aromatic rings. The smallest absolute Gasteiger partial charge is 0.305 e. The first-order valence-electron chi connectivity index (χ1n) is 14.6. The summed E-state index contributed by atoms with van der Waals surface area (Å²) in [6.07, 6.45) is 9.42. The van der Waals surface area contributed by atoms with Crippen molar-refractivity contribution in [2.24, 2.45) is 0 Å². The maximum Gasteiger partial charge on any atom is 0.305 e. The van der Waals surface area contributed by atoms with Gasteiger partial charge in [-0.15, -0.1) is 0 Å². The monoisotopic (exact) mass is 690 g/mol. The number of nitrogens with one attached hydrogen (secondary N) is 2. The van der Waals surface area contributed by atoms with E-state index < -0.39 is 26.0 Å². The summed E-state index contributed by atoms with van der Waals surface area (Å²) in [6.45, 7) is 0. The molecule has 0 spiro atoms. The Bertz CT molecular complexity index is 1850. The third kappa shape index (κ3) is 13.3. The number of carbonyl (C=O) groups excluding carboxylic acids is 1. The first-order chi connectivity index (χ1) is 22.2. The lowest BCUT2D eigenvalue weighted by Gasteiger charge is -2.07. The number of oxazole rings is 2. The molecule has 0 saturated carbocycles. The van der Waals surface area contributed by atoms with Gasteiger partial charge >= 0.3 is 11.9 Å². The maximum absolute atomic E-state index is 11.5. The second kappa shape index (κ2) is 17.3. The Morgan fingerprint density at radius 1 is 0.723 bits per heavy atom. The van der Waals surface area contributed by atoms with Crippen LogP contribution in [0.15, 0.2) is 69.9 Å². The van der Waals surface area contributed by atoms with E-state index in [2.05, 4.69) is 24.1 Å². The Hall–Kier alpha value is -4.70. The third-order valence-electron chi connectivity index (χ3n) is 6.38. The van der Waals surface area contributed by atoms with Gasteiger partial charge in [0.2, 0.25) is 20.0 Å². The van der Waals surface area contributed by atoms with E-state index in [-0.39, 0.29) is 12.4 Å². The number of carbonyl (C=O) groups is 2. The van der Waals surface area contributed by atoms with Crippen molar-refractivity contribution < 1.29 is 45.1 Å². The molecule has 0 fully saturated rings. The number of aromatic nitrogens is 2. The summed E-state index contributed by atoms with van der Waals surface area (Å²) in [7, 11) is -5.41. The van der Waals surface area contributed by atoms with Gasteiger partial charge in [-0.25, -0.2) is 26.8 Å². The zero-order valence-corrected chi connectivity index (χ0v) is 27.9. The number of carboxylic acids is 1. The molecule has 2 aromatic heterocycles. The number of anilines is 2. The normalized spacial score (nSPS) is 11.3. The van der Waals surface area contributed by atoms with E-state index in [9.17, 15) is 26.4 Å². The number of rotatable bonds is 16. The summed E-state index contributed by atoms with van der Waals surface area (Å²) in [5, 5.41) is 8.59. The summed E-state index contributed by atoms with van der Waals surface area (Å²) in [5.74, 6) is -0.00804. The minimum Gasteiger partial charge on any atom is -0.481 e. The predicted octanol–water partition coefficient (Wildman–Crippen LogP) is 5.11. The molecular formula is C31H38N4O10S2. The lowest BCUT2D eigenvalue weighted by Crippen LogP contribution is -2.10. The van der Waals surface area contributed by atoms with Crippen LogP contribution in [0.4, 0.5) is 11.4 Å². The second-order valence-corrected chi connectivity index (χ2v) is 14.0. The molecule has 0 bridgehead atoms. The van der Waals surface area contributed by atoms with Crippen molar-refractivity contribution in [1.82, 2.24) is 9.97 Å². The molecule has 0 aliphatic heterocycles. The molecule has 4 rings (SSSR count). The van der Waals surface area contributed by atoms with Crippen LogP contribution >= 0.6 is 0 Å². The number of aryl methyl sites for hydroxylation is 2. The van der Waals surface area contributed by atoms with Crippen LogP contribution in [0.5, 0.6) is 0 Å². The van der Waals surface area contributed by atoms with Crippen molar-refractivity contribution in [2.45, 2.75) is 51.4 Å². The molecule has 2 aromatic carbocycles. The maximum atomic E-state index is 11.5. The molecule has 0 aliphatic rings. The van der Waals surface area contributed by atoms with Gasteiger partial charge in [0.15, 0.2) is 11.8 Å². The zero-order chi connectivity index (χ0) is 34.5. The fourth-order valence-corrected chi connectivity index (χ4v) is 5.44. The number of sulfonamides is 2. The van der Waals surface area contributed by atoms with Crippen LogP contribution in [0.2, 0.25) is 0 Å². The zero-order valence-electron chi connectivity index (χ0n) is 26.3. The highest BCUT2D eigenvalue weighted by molar-refractivity contribution is 7.92. The van der Waals surface area contributed by atoms with Crippen molar-refractivity contribution in [2.75, 3.05) is 29.1 Å². The van der Waals surface area contributed by atoms with Crippen LogP contribution in [0, 0.1) is 0 Å². The van der Waals surface area contributed by atoms with Gasteiger partial charge in [0.1, 0.15) is 23.9 Å². The van der Waals surface area contributed by atoms with E-state index in [1.54, 1.807) is 48.5 Å². The fourth-order valence-electron chi connectivity index (χ4n) is 4.29. The lowest BCUT2D eigenvalue weighted by molar-refractivity contribution is -0.141. The lowest BCUT2D eigenvalue weighted by atomic mass is 10.1. The molecule has 0 aliphatic carbocycles. The van der Waals surface area contributed by atoms with E-state index in [1.807, 2.05) is 0 Å². The van der Waals surface area contributed by atoms with E-state index in [0.717, 1.165) is 18.9 Å². The first kappa shape index (κ1) is 36.8. The summed E-state index contributed by atoms with van der Waals surface area (Å²) in [5.41, 5.74) is 3.24. The molecule has 0 radical (unpaired) electrons. The standard InChI is InChI=1S/C16H20N2O5S.C15H18N2O5S/c1-22-16(19)10-6-5-9-15-17-14(11-23-15)12-7-3-4-8-13(12)18-24(2,20)21;1-23(20,21)17-12-7-3-2-6-11(12)13-10-22-14(16-13)8-4-5-9-15(18)19/h3-4,7-8,11,18H,5-6,9-10H2,1-2H3;2-3,6-7,10,17H,4-5,8-9H2,1H3,(H,18,19). The van der Waals surface area contributed by atoms with E-state index in [4.69, 9.17) is 13.9 Å². The van der Waals surface area contributed by atoms with Crippen LogP contribution in [0.25, 0.3) is 22.5 Å². The van der Waals surface area contributed by atoms with Crippen LogP contribution in [0.1, 0.15) is 50.3 Å². The number of methoxy groups -OCH3 is 1. The highest BCUT2D eigenvalue weighted by Gasteiger charge is 2.14. The number of nitrogens with zero attached hydrogens (tertiary/aromatic N) is 2. The van der Waals surface area contributed by atoms with Crippen molar-refractivity contribution in [3.63, 3.8) is 0 Å². The number of aliphatic carboxylic acids is 1. The largest absolute Gasteiger partial charge is 0.481 e. The van der Waals surface area contributed by atoms with Gasteiger partial charge in [0, 0.05) is 36.8 Å². The number of para-hydroxylation sites is 2. The Balaban J connectivity index is 0.000000256. The number of benzene rings is 2. The summed E-state index contributed by atoms with van der Waals surface area (Å²) in [6, 6.07) is 13.9. The van der Waals surface area contributed by atoms with Gasteiger partial charge in [0.05, 0.1) is 31.0 Å². The Kier molecular flexibility index (Phi) is 13.5. The molecular weight excluding hydrogens is 652 g/mol. The molecule has 2 heterocycles.